The van der Waals surface area contributed by atoms with Gasteiger partial charge < -0.3 is 15.8 Å². The summed E-state index contributed by atoms with van der Waals surface area (Å²) in [6.45, 7) is 0.648. The highest BCUT2D eigenvalue weighted by Gasteiger charge is 2.10. The van der Waals surface area contributed by atoms with Crippen LogP contribution in [0.4, 0.5) is 11.5 Å². The quantitative estimate of drug-likeness (QED) is 0.807. The number of esters is 1. The molecule has 7 heteroatoms. The Morgan fingerprint density at radius 1 is 1.53 bits per heavy atom. The summed E-state index contributed by atoms with van der Waals surface area (Å²) in [5, 5.41) is 6.06. The number of nitrogens with zero attached hydrogens (tertiary/aromatic N) is 2. The van der Waals surface area contributed by atoms with E-state index in [1.165, 1.54) is 13.2 Å². The highest BCUT2D eigenvalue weighted by atomic mass is 32.1. The third-order valence-corrected chi connectivity index (χ3v) is 3.28. The maximum Gasteiger partial charge on any atom is 0.356 e. The van der Waals surface area contributed by atoms with Gasteiger partial charge in [-0.05, 0) is 12.1 Å². The topological polar surface area (TPSA) is 90.1 Å². The largest absolute Gasteiger partial charge is 0.464 e. The molecule has 0 fully saturated rings. The molecule has 0 amide bonds. The van der Waals surface area contributed by atoms with Crippen molar-refractivity contribution in [3.05, 3.63) is 34.4 Å². The van der Waals surface area contributed by atoms with Crippen molar-refractivity contribution >= 4 is 28.8 Å². The number of anilines is 2. The Hall–Kier alpha value is -2.15. The lowest BCUT2D eigenvalue weighted by molar-refractivity contribution is 0.0594. The average Bonchev–Trinajstić information content (AvgIpc) is 2.93. The molecule has 6 nitrogen and oxygen atoms in total. The SMILES string of the molecule is COC(=O)c1ccc(N)c(NCCc2nccs2)n1. The Morgan fingerprint density at radius 3 is 3.05 bits per heavy atom. The molecule has 0 aliphatic heterocycles. The number of nitrogen functional groups attached to an aromatic ring is 1. The van der Waals surface area contributed by atoms with Gasteiger partial charge in [-0.3, -0.25) is 0 Å². The molecule has 2 heterocycles. The van der Waals surface area contributed by atoms with Crippen LogP contribution < -0.4 is 11.1 Å². The lowest BCUT2D eigenvalue weighted by Crippen LogP contribution is -2.12. The molecular weight excluding hydrogens is 264 g/mol. The van der Waals surface area contributed by atoms with Gasteiger partial charge in [-0.2, -0.15) is 0 Å². The molecule has 2 aromatic heterocycles. The Balaban J connectivity index is 2.00. The number of pyridine rings is 1. The first-order valence-electron chi connectivity index (χ1n) is 5.68. The molecular formula is C12H14N4O2S. The van der Waals surface area contributed by atoms with E-state index in [1.54, 1.807) is 23.6 Å². The van der Waals surface area contributed by atoms with Gasteiger partial charge in [0.15, 0.2) is 5.69 Å². The van der Waals surface area contributed by atoms with Crippen LogP contribution in [0.25, 0.3) is 0 Å². The third-order valence-electron chi connectivity index (χ3n) is 2.44. The van der Waals surface area contributed by atoms with Gasteiger partial charge in [-0.25, -0.2) is 14.8 Å². The van der Waals surface area contributed by atoms with E-state index in [-0.39, 0.29) is 5.69 Å². The fourth-order valence-corrected chi connectivity index (χ4v) is 2.11. The van der Waals surface area contributed by atoms with E-state index >= 15 is 0 Å². The fourth-order valence-electron chi connectivity index (χ4n) is 1.49. The molecule has 2 rings (SSSR count). The molecule has 0 saturated carbocycles. The van der Waals surface area contributed by atoms with Crippen LogP contribution >= 0.6 is 11.3 Å². The number of hydrogen-bond acceptors (Lipinski definition) is 7. The van der Waals surface area contributed by atoms with Gasteiger partial charge in [0.1, 0.15) is 5.82 Å². The molecule has 0 aliphatic rings. The minimum Gasteiger partial charge on any atom is -0.464 e. The Morgan fingerprint density at radius 2 is 2.37 bits per heavy atom. The normalized spacial score (nSPS) is 10.2. The van der Waals surface area contributed by atoms with Crippen LogP contribution in [0.2, 0.25) is 0 Å². The summed E-state index contributed by atoms with van der Waals surface area (Å²) in [4.78, 5) is 19.7. The van der Waals surface area contributed by atoms with Crippen molar-refractivity contribution in [2.45, 2.75) is 6.42 Å². The molecule has 19 heavy (non-hydrogen) atoms. The highest BCUT2D eigenvalue weighted by molar-refractivity contribution is 7.09. The summed E-state index contributed by atoms with van der Waals surface area (Å²) < 4.78 is 4.62. The predicted molar refractivity (Wildman–Crippen MR) is 74.3 cm³/mol. The van der Waals surface area contributed by atoms with Crippen molar-refractivity contribution in [1.82, 2.24) is 9.97 Å². The van der Waals surface area contributed by atoms with Crippen molar-refractivity contribution in [3.63, 3.8) is 0 Å². The Bertz CT molecular complexity index is 557. The number of rotatable bonds is 5. The number of nitrogens with one attached hydrogen (secondary N) is 1. The van der Waals surface area contributed by atoms with Gasteiger partial charge in [-0.15, -0.1) is 11.3 Å². The minimum atomic E-state index is -0.483. The number of methoxy groups -OCH3 is 1. The van der Waals surface area contributed by atoms with Gasteiger partial charge in [0.05, 0.1) is 17.8 Å². The first-order chi connectivity index (χ1) is 9.20. The molecule has 0 saturated heterocycles. The zero-order valence-electron chi connectivity index (χ0n) is 10.4. The second kappa shape index (κ2) is 6.14. The maximum atomic E-state index is 11.4. The van der Waals surface area contributed by atoms with Crippen LogP contribution in [-0.4, -0.2) is 29.6 Å². The number of hydrogen-bond donors (Lipinski definition) is 2. The number of nitrogens with two attached hydrogens (primary N) is 1. The number of aromatic nitrogens is 2. The second-order valence-corrected chi connectivity index (χ2v) is 4.71. The van der Waals surface area contributed by atoms with E-state index < -0.39 is 5.97 Å². The third kappa shape index (κ3) is 3.41. The van der Waals surface area contributed by atoms with E-state index in [4.69, 9.17) is 5.73 Å². The summed E-state index contributed by atoms with van der Waals surface area (Å²) in [6.07, 6.45) is 2.55. The molecule has 0 atom stereocenters. The van der Waals surface area contributed by atoms with Crippen LogP contribution in [0, 0.1) is 0 Å². The maximum absolute atomic E-state index is 11.4. The second-order valence-electron chi connectivity index (χ2n) is 3.73. The van der Waals surface area contributed by atoms with Gasteiger partial charge >= 0.3 is 5.97 Å². The molecule has 3 N–H and O–H groups in total. The van der Waals surface area contributed by atoms with Crippen LogP contribution in [0.5, 0.6) is 0 Å². The van der Waals surface area contributed by atoms with Gasteiger partial charge in [-0.1, -0.05) is 0 Å². The number of carbonyl (C=O) groups is 1. The molecule has 0 aromatic carbocycles. The average molecular weight is 278 g/mol. The summed E-state index contributed by atoms with van der Waals surface area (Å²) >= 11 is 1.60. The number of ether oxygens (including phenoxy) is 1. The van der Waals surface area contributed by atoms with Crippen LogP contribution in [-0.2, 0) is 11.2 Å². The van der Waals surface area contributed by atoms with Gasteiger partial charge in [0.25, 0.3) is 0 Å². The van der Waals surface area contributed by atoms with Crippen molar-refractivity contribution < 1.29 is 9.53 Å². The lowest BCUT2D eigenvalue weighted by Gasteiger charge is -2.08. The van der Waals surface area contributed by atoms with Crippen LogP contribution in [0.15, 0.2) is 23.7 Å². The van der Waals surface area contributed by atoms with E-state index in [9.17, 15) is 4.79 Å². The molecule has 100 valence electrons. The summed E-state index contributed by atoms with van der Waals surface area (Å²) in [5.74, 6) is 0.00225. The number of carbonyl (C=O) groups excluding carboxylic acids is 1. The fraction of sp³-hybridized carbons (Fsp3) is 0.250. The smallest absolute Gasteiger partial charge is 0.356 e. The van der Waals surface area contributed by atoms with Crippen molar-refractivity contribution in [3.8, 4) is 0 Å². The minimum absolute atomic E-state index is 0.230. The zero-order chi connectivity index (χ0) is 13.7. The molecule has 0 aliphatic carbocycles. The van der Waals surface area contributed by atoms with Crippen LogP contribution in [0.3, 0.4) is 0 Å². The lowest BCUT2D eigenvalue weighted by atomic mass is 10.3. The first kappa shape index (κ1) is 13.3. The van der Waals surface area contributed by atoms with Crippen molar-refractivity contribution in [2.75, 3.05) is 24.7 Å². The summed E-state index contributed by atoms with van der Waals surface area (Å²) in [6, 6.07) is 3.16. The molecule has 2 aromatic rings. The molecule has 0 radical (unpaired) electrons. The van der Waals surface area contributed by atoms with Gasteiger partial charge in [0, 0.05) is 24.5 Å². The van der Waals surface area contributed by atoms with E-state index in [0.717, 1.165) is 11.4 Å². The van der Waals surface area contributed by atoms with E-state index in [1.807, 2.05) is 5.38 Å². The van der Waals surface area contributed by atoms with Crippen molar-refractivity contribution in [2.24, 2.45) is 0 Å². The zero-order valence-corrected chi connectivity index (χ0v) is 11.2. The monoisotopic (exact) mass is 278 g/mol. The standard InChI is InChI=1S/C12H14N4O2S/c1-18-12(17)9-3-2-8(13)11(16-9)15-5-4-10-14-6-7-19-10/h2-3,6-7H,4-5,13H2,1H3,(H,15,16). The molecule has 0 bridgehead atoms. The Labute approximate surface area is 114 Å². The van der Waals surface area contributed by atoms with E-state index in [2.05, 4.69) is 20.0 Å². The summed E-state index contributed by atoms with van der Waals surface area (Å²) in [7, 11) is 1.32. The van der Waals surface area contributed by atoms with E-state index in [0.29, 0.717) is 18.1 Å². The predicted octanol–water partition coefficient (Wildman–Crippen LogP) is 1.56. The van der Waals surface area contributed by atoms with Crippen LogP contribution in [0.1, 0.15) is 15.5 Å². The summed E-state index contributed by atoms with van der Waals surface area (Å²) in [5.41, 5.74) is 6.52. The highest BCUT2D eigenvalue weighted by Crippen LogP contribution is 2.16. The first-order valence-corrected chi connectivity index (χ1v) is 6.55. The Kier molecular flexibility index (Phi) is 4.30. The van der Waals surface area contributed by atoms with Gasteiger partial charge in [0.2, 0.25) is 0 Å². The molecule has 0 spiro atoms. The number of thiazole rings is 1. The molecule has 0 unspecified atom stereocenters. The van der Waals surface area contributed by atoms with Crippen molar-refractivity contribution in [1.29, 1.82) is 0 Å².